The Morgan fingerprint density at radius 1 is 1.56 bits per heavy atom. The lowest BCUT2D eigenvalue weighted by Gasteiger charge is -2.08. The number of fused-ring (bicyclic) bond motifs is 1. The molecular weight excluding hydrogens is 232 g/mol. The summed E-state index contributed by atoms with van der Waals surface area (Å²) in [4.78, 5) is 11.6. The molecule has 6 nitrogen and oxygen atoms in total. The molecule has 3 rings (SSSR count). The van der Waals surface area contributed by atoms with Crippen molar-refractivity contribution in [2.24, 2.45) is 0 Å². The molecule has 18 heavy (non-hydrogen) atoms. The third-order valence-corrected chi connectivity index (χ3v) is 3.24. The summed E-state index contributed by atoms with van der Waals surface area (Å²) in [5.41, 5.74) is 0.991. The Kier molecular flexibility index (Phi) is 2.71. The summed E-state index contributed by atoms with van der Waals surface area (Å²) in [5, 5.41) is 11.7. The van der Waals surface area contributed by atoms with Crippen molar-refractivity contribution in [2.75, 3.05) is 13.7 Å². The third-order valence-electron chi connectivity index (χ3n) is 3.24. The standard InChI is InChI=1S/C12H14N4O2/c1-18-12(17)8-4-3-7-16-10(8)14-15-11(16)9-5-2-6-13-9/h3-4,7,9,13H,2,5-6H2,1H3. The molecule has 1 saturated heterocycles. The van der Waals surface area contributed by atoms with Crippen LogP contribution in [-0.4, -0.2) is 34.2 Å². The average Bonchev–Trinajstić information content (AvgIpc) is 3.05. The zero-order chi connectivity index (χ0) is 12.5. The largest absolute Gasteiger partial charge is 0.465 e. The fourth-order valence-electron chi connectivity index (χ4n) is 2.35. The van der Waals surface area contributed by atoms with Gasteiger partial charge in [0.05, 0.1) is 13.2 Å². The number of nitrogens with zero attached hydrogens (tertiary/aromatic N) is 3. The molecule has 0 radical (unpaired) electrons. The van der Waals surface area contributed by atoms with E-state index in [9.17, 15) is 4.79 Å². The molecule has 1 atom stereocenters. The average molecular weight is 246 g/mol. The van der Waals surface area contributed by atoms with E-state index in [1.54, 1.807) is 12.1 Å². The van der Waals surface area contributed by atoms with Gasteiger partial charge in [-0.3, -0.25) is 4.40 Å². The molecule has 0 aliphatic carbocycles. The number of hydrogen-bond acceptors (Lipinski definition) is 5. The second-order valence-electron chi connectivity index (χ2n) is 4.31. The van der Waals surface area contributed by atoms with Gasteiger partial charge in [0.25, 0.3) is 0 Å². The zero-order valence-corrected chi connectivity index (χ0v) is 10.1. The van der Waals surface area contributed by atoms with E-state index >= 15 is 0 Å². The topological polar surface area (TPSA) is 68.5 Å². The van der Waals surface area contributed by atoms with Gasteiger partial charge >= 0.3 is 5.97 Å². The van der Waals surface area contributed by atoms with Gasteiger partial charge in [-0.05, 0) is 31.5 Å². The highest BCUT2D eigenvalue weighted by Gasteiger charge is 2.23. The summed E-state index contributed by atoms with van der Waals surface area (Å²) >= 11 is 0. The molecule has 0 bridgehead atoms. The minimum absolute atomic E-state index is 0.216. The van der Waals surface area contributed by atoms with Crippen LogP contribution >= 0.6 is 0 Å². The summed E-state index contributed by atoms with van der Waals surface area (Å²) in [7, 11) is 1.36. The van der Waals surface area contributed by atoms with E-state index in [0.29, 0.717) is 11.2 Å². The highest BCUT2D eigenvalue weighted by molar-refractivity contribution is 5.95. The van der Waals surface area contributed by atoms with Crippen molar-refractivity contribution in [3.05, 3.63) is 29.7 Å². The molecule has 2 aromatic rings. The number of carbonyl (C=O) groups excluding carboxylic acids is 1. The highest BCUT2D eigenvalue weighted by Crippen LogP contribution is 2.22. The lowest BCUT2D eigenvalue weighted by atomic mass is 10.2. The van der Waals surface area contributed by atoms with E-state index in [0.717, 1.165) is 25.2 Å². The van der Waals surface area contributed by atoms with Gasteiger partial charge in [0.2, 0.25) is 0 Å². The number of nitrogens with one attached hydrogen (secondary N) is 1. The molecule has 0 aromatic carbocycles. The molecule has 1 aliphatic heterocycles. The fraction of sp³-hybridized carbons (Fsp3) is 0.417. The Balaban J connectivity index is 2.11. The Bertz CT molecular complexity index is 587. The van der Waals surface area contributed by atoms with Gasteiger partial charge in [0, 0.05) is 6.20 Å². The van der Waals surface area contributed by atoms with E-state index in [-0.39, 0.29) is 12.0 Å². The van der Waals surface area contributed by atoms with Crippen LogP contribution in [0.25, 0.3) is 5.65 Å². The first-order chi connectivity index (χ1) is 8.81. The molecule has 0 amide bonds. The first-order valence-corrected chi connectivity index (χ1v) is 5.96. The molecule has 94 valence electrons. The molecule has 2 aromatic heterocycles. The van der Waals surface area contributed by atoms with Gasteiger partial charge in [-0.1, -0.05) is 0 Å². The molecular formula is C12H14N4O2. The summed E-state index contributed by atoms with van der Waals surface area (Å²) in [6, 6.07) is 3.72. The van der Waals surface area contributed by atoms with Crippen LogP contribution in [0, 0.1) is 0 Å². The van der Waals surface area contributed by atoms with Crippen LogP contribution in [0.2, 0.25) is 0 Å². The normalized spacial score (nSPS) is 19.3. The summed E-state index contributed by atoms with van der Waals surface area (Å²) in [6.45, 7) is 0.996. The maximum atomic E-state index is 11.6. The van der Waals surface area contributed by atoms with Crippen LogP contribution < -0.4 is 5.32 Å². The van der Waals surface area contributed by atoms with E-state index in [4.69, 9.17) is 4.74 Å². The van der Waals surface area contributed by atoms with Gasteiger partial charge in [-0.15, -0.1) is 10.2 Å². The molecule has 0 spiro atoms. The maximum absolute atomic E-state index is 11.6. The number of hydrogen-bond donors (Lipinski definition) is 1. The smallest absolute Gasteiger partial charge is 0.341 e. The predicted octanol–water partition coefficient (Wildman–Crippen LogP) is 0.940. The summed E-state index contributed by atoms with van der Waals surface area (Å²) in [6.07, 6.45) is 4.05. The number of aromatic nitrogens is 3. The lowest BCUT2D eigenvalue weighted by Crippen LogP contribution is -2.16. The first kappa shape index (κ1) is 11.2. The Morgan fingerprint density at radius 3 is 3.17 bits per heavy atom. The van der Waals surface area contributed by atoms with E-state index in [2.05, 4.69) is 15.5 Å². The second-order valence-corrected chi connectivity index (χ2v) is 4.31. The van der Waals surface area contributed by atoms with Gasteiger partial charge in [-0.25, -0.2) is 4.79 Å². The van der Waals surface area contributed by atoms with Gasteiger partial charge in [0.15, 0.2) is 11.5 Å². The summed E-state index contributed by atoms with van der Waals surface area (Å²) < 4.78 is 6.60. The van der Waals surface area contributed by atoms with Crippen LogP contribution in [0.5, 0.6) is 0 Å². The van der Waals surface area contributed by atoms with Crippen molar-refractivity contribution in [3.8, 4) is 0 Å². The van der Waals surface area contributed by atoms with Crippen molar-refractivity contribution in [2.45, 2.75) is 18.9 Å². The molecule has 1 unspecified atom stereocenters. The minimum atomic E-state index is -0.390. The highest BCUT2D eigenvalue weighted by atomic mass is 16.5. The van der Waals surface area contributed by atoms with Crippen molar-refractivity contribution in [3.63, 3.8) is 0 Å². The monoisotopic (exact) mass is 246 g/mol. The summed E-state index contributed by atoms with van der Waals surface area (Å²) in [5.74, 6) is 0.465. The number of rotatable bonds is 2. The van der Waals surface area contributed by atoms with Crippen LogP contribution in [0.1, 0.15) is 35.1 Å². The Morgan fingerprint density at radius 2 is 2.44 bits per heavy atom. The van der Waals surface area contributed by atoms with Gasteiger partial charge in [-0.2, -0.15) is 0 Å². The predicted molar refractivity (Wildman–Crippen MR) is 64.3 cm³/mol. The van der Waals surface area contributed by atoms with Crippen LogP contribution in [-0.2, 0) is 4.74 Å². The molecule has 1 aliphatic rings. The van der Waals surface area contributed by atoms with Crippen molar-refractivity contribution in [1.29, 1.82) is 0 Å². The fourth-order valence-corrected chi connectivity index (χ4v) is 2.35. The van der Waals surface area contributed by atoms with Crippen molar-refractivity contribution < 1.29 is 9.53 Å². The number of carbonyl (C=O) groups is 1. The van der Waals surface area contributed by atoms with Crippen LogP contribution in [0.15, 0.2) is 18.3 Å². The zero-order valence-electron chi connectivity index (χ0n) is 10.1. The third kappa shape index (κ3) is 1.65. The van der Waals surface area contributed by atoms with Crippen molar-refractivity contribution in [1.82, 2.24) is 19.9 Å². The van der Waals surface area contributed by atoms with E-state index in [1.807, 2.05) is 10.6 Å². The number of esters is 1. The molecule has 3 heterocycles. The minimum Gasteiger partial charge on any atom is -0.465 e. The molecule has 6 heteroatoms. The Hall–Kier alpha value is -1.95. The van der Waals surface area contributed by atoms with Gasteiger partial charge < -0.3 is 10.1 Å². The Labute approximate surface area is 104 Å². The second kappa shape index (κ2) is 4.38. The molecule has 1 N–H and O–H groups in total. The molecule has 0 saturated carbocycles. The van der Waals surface area contributed by atoms with E-state index in [1.165, 1.54) is 7.11 Å². The number of pyridine rings is 1. The maximum Gasteiger partial charge on any atom is 0.341 e. The van der Waals surface area contributed by atoms with Gasteiger partial charge in [0.1, 0.15) is 5.56 Å². The van der Waals surface area contributed by atoms with E-state index < -0.39 is 0 Å². The SMILES string of the molecule is COC(=O)c1cccn2c(C3CCCN3)nnc12. The number of ether oxygens (including phenoxy) is 1. The van der Waals surface area contributed by atoms with Crippen LogP contribution in [0.3, 0.4) is 0 Å². The number of methoxy groups -OCH3 is 1. The van der Waals surface area contributed by atoms with Crippen LogP contribution in [0.4, 0.5) is 0 Å². The quantitative estimate of drug-likeness (QED) is 0.799. The lowest BCUT2D eigenvalue weighted by molar-refractivity contribution is 0.0602. The molecule has 1 fully saturated rings. The van der Waals surface area contributed by atoms with Crippen molar-refractivity contribution >= 4 is 11.6 Å². The first-order valence-electron chi connectivity index (χ1n) is 5.96.